The number of guanidine groups is 1. The molecule has 9 heteroatoms. The van der Waals surface area contributed by atoms with E-state index >= 15 is 0 Å². The second kappa shape index (κ2) is 14.1. The van der Waals surface area contributed by atoms with Crippen molar-refractivity contribution >= 4 is 29.9 Å². The van der Waals surface area contributed by atoms with Crippen molar-refractivity contribution < 1.29 is 4.74 Å². The molecule has 1 aromatic rings. The molecule has 8 nitrogen and oxygen atoms in total. The fourth-order valence-corrected chi connectivity index (χ4v) is 2.83. The number of aliphatic imine (C=N–C) groups is 1. The molecular formula is C18H36IN7O. The third kappa shape index (κ3) is 9.20. The van der Waals surface area contributed by atoms with Crippen molar-refractivity contribution in [3.8, 4) is 0 Å². The molecule has 1 aromatic heterocycles. The second-order valence-electron chi connectivity index (χ2n) is 6.76. The molecule has 0 atom stereocenters. The predicted molar refractivity (Wildman–Crippen MR) is 120 cm³/mol. The standard InChI is InChI=1S/C18H35N7O.HI/c1-4-5-6-8-19-18(21-15-17-23-22-16(2)24(17)3)20-9-7-10-25-11-13-26-14-12-25;/h4-15H2,1-3H3,(H2,19,20,21);1H. The van der Waals surface area contributed by atoms with E-state index in [9.17, 15) is 0 Å². The van der Waals surface area contributed by atoms with Crippen LogP contribution in [0.15, 0.2) is 4.99 Å². The van der Waals surface area contributed by atoms with Crippen molar-refractivity contribution in [3.63, 3.8) is 0 Å². The number of halogens is 1. The first-order valence-electron chi connectivity index (χ1n) is 9.88. The van der Waals surface area contributed by atoms with Gasteiger partial charge in [-0.3, -0.25) is 4.90 Å². The van der Waals surface area contributed by atoms with Gasteiger partial charge in [0.2, 0.25) is 0 Å². The number of aryl methyl sites for hydroxylation is 1. The lowest BCUT2D eigenvalue weighted by molar-refractivity contribution is 0.0376. The number of rotatable bonds is 10. The summed E-state index contributed by atoms with van der Waals surface area (Å²) in [4.78, 5) is 7.14. The maximum absolute atomic E-state index is 5.39. The number of hydrogen-bond donors (Lipinski definition) is 2. The van der Waals surface area contributed by atoms with Crippen LogP contribution >= 0.6 is 24.0 Å². The Hall–Kier alpha value is -0.940. The molecule has 1 aliphatic rings. The SMILES string of the molecule is CCCCCNC(=NCc1nnc(C)n1C)NCCCN1CCOCC1.I. The molecule has 1 saturated heterocycles. The van der Waals surface area contributed by atoms with Gasteiger partial charge in [0.15, 0.2) is 11.8 Å². The third-order valence-electron chi connectivity index (χ3n) is 4.68. The van der Waals surface area contributed by atoms with Crippen molar-refractivity contribution in [1.29, 1.82) is 0 Å². The number of nitrogens with zero attached hydrogens (tertiary/aromatic N) is 5. The summed E-state index contributed by atoms with van der Waals surface area (Å²) < 4.78 is 7.38. The zero-order valence-corrected chi connectivity index (χ0v) is 19.4. The molecule has 0 amide bonds. The van der Waals surface area contributed by atoms with Gasteiger partial charge in [0.25, 0.3) is 0 Å². The maximum Gasteiger partial charge on any atom is 0.191 e. The van der Waals surface area contributed by atoms with E-state index in [1.54, 1.807) is 0 Å². The quantitative estimate of drug-likeness (QED) is 0.224. The van der Waals surface area contributed by atoms with Gasteiger partial charge in [-0.05, 0) is 26.3 Å². The summed E-state index contributed by atoms with van der Waals surface area (Å²) in [5.74, 6) is 2.65. The van der Waals surface area contributed by atoms with Gasteiger partial charge in [-0.1, -0.05) is 19.8 Å². The Kier molecular flexibility index (Phi) is 12.6. The van der Waals surface area contributed by atoms with Crippen molar-refractivity contribution in [2.75, 3.05) is 45.9 Å². The lowest BCUT2D eigenvalue weighted by Gasteiger charge is -2.26. The van der Waals surface area contributed by atoms with Crippen LogP contribution in [0.1, 0.15) is 44.3 Å². The van der Waals surface area contributed by atoms with Crippen molar-refractivity contribution in [1.82, 2.24) is 30.3 Å². The molecule has 156 valence electrons. The minimum atomic E-state index is 0. The molecular weight excluding hydrogens is 457 g/mol. The fourth-order valence-electron chi connectivity index (χ4n) is 2.83. The Morgan fingerprint density at radius 3 is 2.44 bits per heavy atom. The monoisotopic (exact) mass is 493 g/mol. The molecule has 0 aromatic carbocycles. The molecule has 27 heavy (non-hydrogen) atoms. The van der Waals surface area contributed by atoms with Gasteiger partial charge in [-0.15, -0.1) is 34.2 Å². The van der Waals surface area contributed by atoms with Crippen LogP contribution in [-0.4, -0.2) is 71.6 Å². The van der Waals surface area contributed by atoms with Crippen molar-refractivity contribution in [2.45, 2.75) is 46.1 Å². The molecule has 2 heterocycles. The number of morpholine rings is 1. The lowest BCUT2D eigenvalue weighted by atomic mass is 10.2. The first kappa shape index (κ1) is 24.1. The van der Waals surface area contributed by atoms with E-state index in [1.807, 2.05) is 18.5 Å². The molecule has 0 radical (unpaired) electrons. The molecule has 2 N–H and O–H groups in total. The van der Waals surface area contributed by atoms with Crippen LogP contribution in [0.2, 0.25) is 0 Å². The van der Waals surface area contributed by atoms with Crippen LogP contribution in [0, 0.1) is 6.92 Å². The highest BCUT2D eigenvalue weighted by molar-refractivity contribution is 14.0. The van der Waals surface area contributed by atoms with E-state index in [2.05, 4.69) is 37.6 Å². The maximum atomic E-state index is 5.39. The summed E-state index contributed by atoms with van der Waals surface area (Å²) in [5.41, 5.74) is 0. The smallest absolute Gasteiger partial charge is 0.191 e. The van der Waals surface area contributed by atoms with Crippen LogP contribution in [-0.2, 0) is 18.3 Å². The van der Waals surface area contributed by atoms with Gasteiger partial charge >= 0.3 is 0 Å². The summed E-state index contributed by atoms with van der Waals surface area (Å²) in [6.07, 6.45) is 4.71. The first-order valence-corrected chi connectivity index (χ1v) is 9.88. The van der Waals surface area contributed by atoms with Gasteiger partial charge in [0, 0.05) is 33.2 Å². The highest BCUT2D eigenvalue weighted by Crippen LogP contribution is 2.00. The number of aromatic nitrogens is 3. The summed E-state index contributed by atoms with van der Waals surface area (Å²) in [5, 5.41) is 15.2. The van der Waals surface area contributed by atoms with Crippen LogP contribution in [0.25, 0.3) is 0 Å². The Balaban J connectivity index is 0.00000364. The molecule has 0 spiro atoms. The highest BCUT2D eigenvalue weighted by atomic mass is 127. The largest absolute Gasteiger partial charge is 0.379 e. The van der Waals surface area contributed by atoms with E-state index in [1.165, 1.54) is 12.8 Å². The second-order valence-corrected chi connectivity index (χ2v) is 6.76. The molecule has 0 bridgehead atoms. The van der Waals surface area contributed by atoms with Crippen molar-refractivity contribution in [3.05, 3.63) is 11.6 Å². The zero-order chi connectivity index (χ0) is 18.6. The van der Waals surface area contributed by atoms with Crippen LogP contribution < -0.4 is 10.6 Å². The summed E-state index contributed by atoms with van der Waals surface area (Å²) >= 11 is 0. The van der Waals surface area contributed by atoms with E-state index in [4.69, 9.17) is 4.74 Å². The molecule has 1 aliphatic heterocycles. The van der Waals surface area contributed by atoms with E-state index in [0.29, 0.717) is 6.54 Å². The summed E-state index contributed by atoms with van der Waals surface area (Å²) in [6.45, 7) is 11.5. The molecule has 0 saturated carbocycles. The normalized spacial score (nSPS) is 15.4. The molecule has 1 fully saturated rings. The number of unbranched alkanes of at least 4 members (excludes halogenated alkanes) is 2. The topological polar surface area (TPSA) is 79.6 Å². The molecule has 0 aliphatic carbocycles. The van der Waals surface area contributed by atoms with Gasteiger partial charge in [0.1, 0.15) is 12.4 Å². The predicted octanol–water partition coefficient (Wildman–Crippen LogP) is 1.69. The zero-order valence-electron chi connectivity index (χ0n) is 17.0. The Bertz CT molecular complexity index is 544. The van der Waals surface area contributed by atoms with Gasteiger partial charge in [-0.2, -0.15) is 0 Å². The van der Waals surface area contributed by atoms with E-state index < -0.39 is 0 Å². The van der Waals surface area contributed by atoms with Crippen LogP contribution in [0.4, 0.5) is 0 Å². The summed E-state index contributed by atoms with van der Waals surface area (Å²) in [7, 11) is 1.98. The average molecular weight is 493 g/mol. The Labute approximate surface area is 180 Å². The fraction of sp³-hybridized carbons (Fsp3) is 0.833. The molecule has 2 rings (SSSR count). The van der Waals surface area contributed by atoms with E-state index in [-0.39, 0.29) is 24.0 Å². The minimum absolute atomic E-state index is 0. The lowest BCUT2D eigenvalue weighted by Crippen LogP contribution is -2.41. The van der Waals surface area contributed by atoms with Crippen LogP contribution in [0.3, 0.4) is 0 Å². The van der Waals surface area contributed by atoms with Crippen molar-refractivity contribution in [2.24, 2.45) is 12.0 Å². The summed E-state index contributed by atoms with van der Waals surface area (Å²) in [6, 6.07) is 0. The minimum Gasteiger partial charge on any atom is -0.379 e. The number of hydrogen-bond acceptors (Lipinski definition) is 5. The average Bonchev–Trinajstić information content (AvgIpc) is 2.98. The first-order chi connectivity index (χ1) is 12.7. The molecule has 0 unspecified atom stereocenters. The number of ether oxygens (including phenoxy) is 1. The van der Waals surface area contributed by atoms with Crippen LogP contribution in [0.5, 0.6) is 0 Å². The third-order valence-corrected chi connectivity index (χ3v) is 4.68. The Morgan fingerprint density at radius 1 is 1.11 bits per heavy atom. The van der Waals surface area contributed by atoms with Gasteiger partial charge < -0.3 is 19.9 Å². The van der Waals surface area contributed by atoms with E-state index in [0.717, 1.165) is 76.4 Å². The highest BCUT2D eigenvalue weighted by Gasteiger charge is 2.09. The van der Waals surface area contributed by atoms with Gasteiger partial charge in [-0.25, -0.2) is 4.99 Å². The number of nitrogens with one attached hydrogen (secondary N) is 2. The van der Waals surface area contributed by atoms with Gasteiger partial charge in [0.05, 0.1) is 13.2 Å². The Morgan fingerprint density at radius 2 is 1.81 bits per heavy atom.